The lowest BCUT2D eigenvalue weighted by Gasteiger charge is -2.35. The second kappa shape index (κ2) is 4.56. The summed E-state index contributed by atoms with van der Waals surface area (Å²) in [6.07, 6.45) is 0.470. The third-order valence-electron chi connectivity index (χ3n) is 3.25. The Morgan fingerprint density at radius 3 is 2.76 bits per heavy atom. The molecule has 4 nitrogen and oxygen atoms in total. The number of aliphatic carboxylic acids is 1. The Bertz CT molecular complexity index is 479. The largest absolute Gasteiger partial charge is 0.480 e. The molecule has 4 heteroatoms. The Hall–Kier alpha value is -1.86. The topological polar surface area (TPSA) is 64.3 Å². The van der Waals surface area contributed by atoms with Gasteiger partial charge in [-0.05, 0) is 24.5 Å². The van der Waals surface area contributed by atoms with Gasteiger partial charge < -0.3 is 5.11 Å². The fourth-order valence-corrected chi connectivity index (χ4v) is 2.25. The van der Waals surface area contributed by atoms with E-state index in [4.69, 9.17) is 5.26 Å². The molecule has 1 aliphatic heterocycles. The number of hydrogen-bond donors (Lipinski definition) is 1. The van der Waals surface area contributed by atoms with Gasteiger partial charge in [0.25, 0.3) is 0 Å². The zero-order chi connectivity index (χ0) is 12.4. The van der Waals surface area contributed by atoms with E-state index in [0.717, 1.165) is 11.1 Å². The van der Waals surface area contributed by atoms with E-state index in [-0.39, 0.29) is 6.04 Å². The van der Waals surface area contributed by atoms with Gasteiger partial charge in [0.05, 0.1) is 12.1 Å². The lowest BCUT2D eigenvalue weighted by molar-refractivity contribution is -0.144. The summed E-state index contributed by atoms with van der Waals surface area (Å²) in [6, 6.07) is 8.94. The summed E-state index contributed by atoms with van der Waals surface area (Å²) in [5.41, 5.74) is 2.19. The molecule has 1 unspecified atom stereocenters. The van der Waals surface area contributed by atoms with Crippen molar-refractivity contribution in [3.05, 3.63) is 35.4 Å². The fraction of sp³-hybridized carbons (Fsp3) is 0.385. The van der Waals surface area contributed by atoms with Gasteiger partial charge in [-0.15, -0.1) is 0 Å². The van der Waals surface area contributed by atoms with Crippen LogP contribution < -0.4 is 0 Å². The molecule has 0 saturated carbocycles. The molecule has 0 amide bonds. The van der Waals surface area contributed by atoms with Gasteiger partial charge in [0.15, 0.2) is 0 Å². The Morgan fingerprint density at radius 1 is 1.53 bits per heavy atom. The van der Waals surface area contributed by atoms with E-state index in [1.54, 1.807) is 11.8 Å². The molecule has 1 heterocycles. The number of carbonyl (C=O) groups is 1. The normalized spacial score (nSPS) is 21.3. The highest BCUT2D eigenvalue weighted by Gasteiger charge is 2.33. The molecule has 0 radical (unpaired) electrons. The molecule has 0 aromatic heterocycles. The average molecular weight is 230 g/mol. The van der Waals surface area contributed by atoms with Crippen LogP contribution >= 0.6 is 0 Å². The van der Waals surface area contributed by atoms with E-state index in [9.17, 15) is 9.90 Å². The fourth-order valence-electron chi connectivity index (χ4n) is 2.25. The highest BCUT2D eigenvalue weighted by molar-refractivity contribution is 5.74. The molecule has 0 aliphatic carbocycles. The van der Waals surface area contributed by atoms with Crippen LogP contribution in [0.3, 0.4) is 0 Å². The van der Waals surface area contributed by atoms with Gasteiger partial charge in [-0.1, -0.05) is 24.3 Å². The van der Waals surface area contributed by atoms with Crippen molar-refractivity contribution in [2.24, 2.45) is 0 Å². The lowest BCUT2D eigenvalue weighted by Crippen LogP contribution is -2.49. The predicted molar refractivity (Wildman–Crippen MR) is 62.2 cm³/mol. The van der Waals surface area contributed by atoms with Crippen molar-refractivity contribution < 1.29 is 9.90 Å². The number of carboxylic acid groups (broad SMARTS) is 1. The van der Waals surface area contributed by atoms with Gasteiger partial charge in [-0.2, -0.15) is 5.26 Å². The van der Waals surface area contributed by atoms with Crippen LogP contribution in [-0.4, -0.2) is 28.1 Å². The Balaban J connectivity index is 2.35. The molecular formula is C13H14N2O2. The van der Waals surface area contributed by atoms with E-state index in [2.05, 4.69) is 6.07 Å². The average Bonchev–Trinajstić information content (AvgIpc) is 2.36. The monoisotopic (exact) mass is 230 g/mol. The van der Waals surface area contributed by atoms with Crippen LogP contribution in [0.4, 0.5) is 0 Å². The number of benzene rings is 1. The minimum atomic E-state index is -0.860. The quantitative estimate of drug-likeness (QED) is 0.834. The van der Waals surface area contributed by atoms with Crippen molar-refractivity contribution in [1.29, 1.82) is 5.26 Å². The first kappa shape index (κ1) is 11.6. The number of fused-ring (bicyclic) bond motifs is 1. The molecule has 1 aromatic carbocycles. The molecule has 0 saturated heterocycles. The minimum Gasteiger partial charge on any atom is -0.480 e. The molecule has 88 valence electrons. The smallest absolute Gasteiger partial charge is 0.321 e. The number of carboxylic acids is 1. The first-order valence-electron chi connectivity index (χ1n) is 5.58. The van der Waals surface area contributed by atoms with Crippen molar-refractivity contribution >= 4 is 5.97 Å². The molecule has 17 heavy (non-hydrogen) atoms. The van der Waals surface area contributed by atoms with Gasteiger partial charge in [-0.3, -0.25) is 9.69 Å². The Labute approximate surface area is 100 Å². The van der Waals surface area contributed by atoms with Gasteiger partial charge >= 0.3 is 5.97 Å². The lowest BCUT2D eigenvalue weighted by atomic mass is 9.93. The van der Waals surface area contributed by atoms with Gasteiger partial charge in [-0.25, -0.2) is 0 Å². The standard InChI is InChI=1S/C13H14N2O2/c1-9(7-14)15-8-11-5-3-2-4-10(11)6-12(15)13(16)17/h2-5,9,12H,6,8H2,1H3,(H,16,17)/t9?,12-/m0/s1. The Morgan fingerprint density at radius 2 is 2.18 bits per heavy atom. The molecule has 1 aromatic rings. The molecule has 2 atom stereocenters. The third-order valence-corrected chi connectivity index (χ3v) is 3.25. The zero-order valence-corrected chi connectivity index (χ0v) is 9.63. The Kier molecular flexibility index (Phi) is 3.12. The van der Waals surface area contributed by atoms with Crippen LogP contribution in [0.25, 0.3) is 0 Å². The summed E-state index contributed by atoms with van der Waals surface area (Å²) >= 11 is 0. The molecule has 1 N–H and O–H groups in total. The third kappa shape index (κ3) is 2.15. The highest BCUT2D eigenvalue weighted by atomic mass is 16.4. The molecular weight excluding hydrogens is 216 g/mol. The van der Waals surface area contributed by atoms with Crippen LogP contribution in [0.2, 0.25) is 0 Å². The minimum absolute atomic E-state index is 0.385. The van der Waals surface area contributed by atoms with E-state index < -0.39 is 12.0 Å². The highest BCUT2D eigenvalue weighted by Crippen LogP contribution is 2.25. The van der Waals surface area contributed by atoms with Crippen molar-refractivity contribution in [2.75, 3.05) is 0 Å². The summed E-state index contributed by atoms with van der Waals surface area (Å²) in [5, 5.41) is 18.2. The second-order valence-corrected chi connectivity index (χ2v) is 4.30. The summed E-state index contributed by atoms with van der Waals surface area (Å²) in [5.74, 6) is -0.860. The number of nitrogens with zero attached hydrogens (tertiary/aromatic N) is 2. The maximum Gasteiger partial charge on any atom is 0.321 e. The molecule has 2 rings (SSSR count). The van der Waals surface area contributed by atoms with E-state index in [0.29, 0.717) is 13.0 Å². The van der Waals surface area contributed by atoms with Crippen molar-refractivity contribution in [1.82, 2.24) is 4.90 Å². The van der Waals surface area contributed by atoms with Gasteiger partial charge in [0.1, 0.15) is 6.04 Å². The summed E-state index contributed by atoms with van der Waals surface area (Å²) in [7, 11) is 0. The van der Waals surface area contributed by atoms with Gasteiger partial charge in [0, 0.05) is 6.54 Å². The summed E-state index contributed by atoms with van der Waals surface area (Å²) < 4.78 is 0. The van der Waals surface area contributed by atoms with Crippen molar-refractivity contribution in [3.8, 4) is 6.07 Å². The van der Waals surface area contributed by atoms with Crippen LogP contribution in [0.15, 0.2) is 24.3 Å². The molecule has 0 fully saturated rings. The maximum absolute atomic E-state index is 11.2. The summed E-state index contributed by atoms with van der Waals surface area (Å²) in [4.78, 5) is 13.0. The first-order valence-corrected chi connectivity index (χ1v) is 5.58. The van der Waals surface area contributed by atoms with Crippen LogP contribution in [0, 0.1) is 11.3 Å². The number of nitriles is 1. The van der Waals surface area contributed by atoms with Crippen molar-refractivity contribution in [2.45, 2.75) is 32.0 Å². The van der Waals surface area contributed by atoms with E-state index in [1.807, 2.05) is 24.3 Å². The van der Waals surface area contributed by atoms with Crippen LogP contribution in [0.1, 0.15) is 18.1 Å². The zero-order valence-electron chi connectivity index (χ0n) is 9.63. The SMILES string of the molecule is CC(C#N)N1Cc2ccccc2C[C@H]1C(=O)O. The van der Waals surface area contributed by atoms with E-state index >= 15 is 0 Å². The van der Waals surface area contributed by atoms with Crippen LogP contribution in [-0.2, 0) is 17.8 Å². The number of hydrogen-bond acceptors (Lipinski definition) is 3. The predicted octanol–water partition coefficient (Wildman–Crippen LogP) is 1.41. The van der Waals surface area contributed by atoms with Crippen molar-refractivity contribution in [3.63, 3.8) is 0 Å². The molecule has 1 aliphatic rings. The van der Waals surface area contributed by atoms with E-state index in [1.165, 1.54) is 0 Å². The molecule has 0 bridgehead atoms. The first-order chi connectivity index (χ1) is 8.13. The number of rotatable bonds is 2. The maximum atomic E-state index is 11.2. The summed E-state index contributed by atoms with van der Waals surface area (Å²) in [6.45, 7) is 2.27. The van der Waals surface area contributed by atoms with Crippen LogP contribution in [0.5, 0.6) is 0 Å². The second-order valence-electron chi connectivity index (χ2n) is 4.30. The van der Waals surface area contributed by atoms with Gasteiger partial charge in [0.2, 0.25) is 0 Å². The molecule has 0 spiro atoms.